The molecule has 2 aromatic heterocycles. The summed E-state index contributed by atoms with van der Waals surface area (Å²) in [6.07, 6.45) is -0.351. The van der Waals surface area contributed by atoms with Gasteiger partial charge in [0.2, 0.25) is 5.95 Å². The molecule has 5 rings (SSSR count). The van der Waals surface area contributed by atoms with Crippen LogP contribution in [0.15, 0.2) is 53.5 Å². The summed E-state index contributed by atoms with van der Waals surface area (Å²) in [5.41, 5.74) is 9.99. The highest BCUT2D eigenvalue weighted by Gasteiger charge is 2.29. The van der Waals surface area contributed by atoms with E-state index in [0.29, 0.717) is 11.9 Å². The molecular weight excluding hydrogens is 314 g/mol. The molecule has 0 radical (unpaired) electrons. The molecule has 124 valence electrons. The molecule has 0 unspecified atom stereocenters. The maximum absolute atomic E-state index is 6.03. The number of nitrogens with two attached hydrogens (primary N) is 1. The Morgan fingerprint density at radius 3 is 2.44 bits per heavy atom. The van der Waals surface area contributed by atoms with Gasteiger partial charge in [-0.05, 0) is 31.2 Å². The van der Waals surface area contributed by atoms with Crippen molar-refractivity contribution in [3.8, 4) is 0 Å². The first-order chi connectivity index (χ1) is 12.3. The molecule has 1 aliphatic rings. The molecule has 0 spiro atoms. The second kappa shape index (κ2) is 5.07. The molecule has 0 saturated carbocycles. The van der Waals surface area contributed by atoms with E-state index in [4.69, 9.17) is 10.7 Å². The molecule has 4 aromatic rings. The third-order valence-corrected chi connectivity index (χ3v) is 4.57. The lowest BCUT2D eigenvalue weighted by Gasteiger charge is -2.23. The molecule has 7 nitrogen and oxygen atoms in total. The molecule has 0 amide bonds. The number of aliphatic imine (C=N–C) groups is 1. The van der Waals surface area contributed by atoms with Gasteiger partial charge in [0, 0.05) is 6.54 Å². The molecule has 1 atom stereocenters. The van der Waals surface area contributed by atoms with Crippen molar-refractivity contribution in [2.45, 2.75) is 19.6 Å². The molecule has 3 N–H and O–H groups in total. The summed E-state index contributed by atoms with van der Waals surface area (Å²) in [4.78, 5) is 14.1. The Morgan fingerprint density at radius 1 is 1.00 bits per heavy atom. The molecule has 7 heteroatoms. The van der Waals surface area contributed by atoms with E-state index >= 15 is 0 Å². The van der Waals surface area contributed by atoms with Crippen LogP contribution >= 0.6 is 0 Å². The fourth-order valence-electron chi connectivity index (χ4n) is 3.51. The number of guanidine groups is 1. The van der Waals surface area contributed by atoms with Crippen LogP contribution in [0.5, 0.6) is 0 Å². The predicted molar refractivity (Wildman–Crippen MR) is 98.5 cm³/mol. The number of nitrogens with zero attached hydrogens (tertiary/aromatic N) is 5. The van der Waals surface area contributed by atoms with E-state index in [2.05, 4.69) is 37.4 Å². The Bertz CT molecular complexity index is 1130. The maximum Gasteiger partial charge on any atom is 0.212 e. The molecule has 0 aliphatic carbocycles. The van der Waals surface area contributed by atoms with Gasteiger partial charge in [0.25, 0.3) is 0 Å². The number of fused-ring (bicyclic) bond motifs is 4. The van der Waals surface area contributed by atoms with E-state index in [1.807, 2.05) is 42.5 Å². The van der Waals surface area contributed by atoms with Crippen molar-refractivity contribution >= 4 is 34.0 Å². The molecular formula is C18H17N7. The molecule has 1 aliphatic heterocycles. The van der Waals surface area contributed by atoms with Gasteiger partial charge in [-0.25, -0.2) is 15.0 Å². The first-order valence-electron chi connectivity index (χ1n) is 8.28. The van der Waals surface area contributed by atoms with Gasteiger partial charge in [-0.2, -0.15) is 0 Å². The van der Waals surface area contributed by atoms with Crippen molar-refractivity contribution in [3.05, 3.63) is 54.4 Å². The van der Waals surface area contributed by atoms with Crippen LogP contribution in [0.3, 0.4) is 0 Å². The number of aryl methyl sites for hydroxylation is 1. The lowest BCUT2D eigenvalue weighted by Crippen LogP contribution is -2.32. The summed E-state index contributed by atoms with van der Waals surface area (Å²) in [7, 11) is 0. The summed E-state index contributed by atoms with van der Waals surface area (Å²) < 4.78 is 4.24. The Balaban J connectivity index is 1.81. The standard InChI is InChI=1S/C18H17N7/c1-2-24-13-9-5-3-7-11(13)20-15(24)16-22-17(19)23-18-21-12-8-4-6-10-14(12)25(16)18/h3-10,16H,2H2,1H3,(H3,19,21,22,23)/t16-/m1/s1. The van der Waals surface area contributed by atoms with Gasteiger partial charge in [-0.1, -0.05) is 24.3 Å². The largest absolute Gasteiger partial charge is 0.370 e. The first kappa shape index (κ1) is 14.0. The highest BCUT2D eigenvalue weighted by Crippen LogP contribution is 2.33. The number of rotatable bonds is 2. The van der Waals surface area contributed by atoms with Crippen molar-refractivity contribution in [2.24, 2.45) is 10.7 Å². The summed E-state index contributed by atoms with van der Waals surface area (Å²) in [5, 5.41) is 3.06. The van der Waals surface area contributed by atoms with Crippen molar-refractivity contribution < 1.29 is 0 Å². The molecule has 0 bridgehead atoms. The van der Waals surface area contributed by atoms with Crippen LogP contribution in [0.25, 0.3) is 22.1 Å². The van der Waals surface area contributed by atoms with Crippen molar-refractivity contribution in [3.63, 3.8) is 0 Å². The highest BCUT2D eigenvalue weighted by molar-refractivity contribution is 5.94. The Kier molecular flexibility index (Phi) is 2.85. The molecule has 0 fully saturated rings. The van der Waals surface area contributed by atoms with Crippen LogP contribution in [0.4, 0.5) is 5.95 Å². The minimum absolute atomic E-state index is 0.350. The Hall–Kier alpha value is -3.35. The quantitative estimate of drug-likeness (QED) is 0.591. The van der Waals surface area contributed by atoms with Gasteiger partial charge in [-0.3, -0.25) is 9.88 Å². The van der Waals surface area contributed by atoms with E-state index in [1.165, 1.54) is 0 Å². The fraction of sp³-hybridized carbons (Fsp3) is 0.167. The molecule has 3 heterocycles. The van der Waals surface area contributed by atoms with Gasteiger partial charge in [0.1, 0.15) is 0 Å². The molecule has 25 heavy (non-hydrogen) atoms. The van der Waals surface area contributed by atoms with Crippen molar-refractivity contribution in [1.82, 2.24) is 19.1 Å². The third kappa shape index (κ3) is 1.95. The Labute approximate surface area is 143 Å². The van der Waals surface area contributed by atoms with Gasteiger partial charge in [-0.15, -0.1) is 0 Å². The zero-order valence-electron chi connectivity index (χ0n) is 13.7. The van der Waals surface area contributed by atoms with Crippen LogP contribution in [0, 0.1) is 0 Å². The minimum Gasteiger partial charge on any atom is -0.370 e. The third-order valence-electron chi connectivity index (χ3n) is 4.57. The minimum atomic E-state index is -0.351. The second-order valence-electron chi connectivity index (χ2n) is 6.01. The number of hydrogen-bond acceptors (Lipinski definition) is 5. The lowest BCUT2D eigenvalue weighted by atomic mass is 10.3. The summed E-state index contributed by atoms with van der Waals surface area (Å²) in [6.45, 7) is 2.91. The molecule has 0 saturated heterocycles. The fourth-order valence-corrected chi connectivity index (χ4v) is 3.51. The van der Waals surface area contributed by atoms with Crippen LogP contribution in [-0.4, -0.2) is 25.1 Å². The predicted octanol–water partition coefficient (Wildman–Crippen LogP) is 2.69. The van der Waals surface area contributed by atoms with Crippen LogP contribution in [-0.2, 0) is 6.54 Å². The molecule has 2 aromatic carbocycles. The van der Waals surface area contributed by atoms with E-state index in [-0.39, 0.29) is 6.17 Å². The normalized spacial score (nSPS) is 16.7. The number of para-hydroxylation sites is 4. The highest BCUT2D eigenvalue weighted by atomic mass is 15.4. The zero-order chi connectivity index (χ0) is 17.0. The van der Waals surface area contributed by atoms with E-state index in [1.54, 1.807) is 0 Å². The average molecular weight is 331 g/mol. The maximum atomic E-state index is 6.03. The zero-order valence-corrected chi connectivity index (χ0v) is 13.7. The van der Waals surface area contributed by atoms with Crippen LogP contribution in [0.1, 0.15) is 18.9 Å². The second-order valence-corrected chi connectivity index (χ2v) is 6.01. The Morgan fingerprint density at radius 2 is 1.68 bits per heavy atom. The van der Waals surface area contributed by atoms with E-state index < -0.39 is 0 Å². The van der Waals surface area contributed by atoms with Gasteiger partial charge in [0.15, 0.2) is 17.9 Å². The number of aromatic nitrogens is 4. The summed E-state index contributed by atoms with van der Waals surface area (Å²) in [5.74, 6) is 1.90. The SMILES string of the molecule is CCn1c([C@@H]2N=C(N)Nc3nc4ccccc4n32)nc2ccccc21. The average Bonchev–Trinajstić information content (AvgIpc) is 3.18. The van der Waals surface area contributed by atoms with Gasteiger partial charge in [0.05, 0.1) is 22.1 Å². The summed E-state index contributed by atoms with van der Waals surface area (Å²) >= 11 is 0. The van der Waals surface area contributed by atoms with Crippen molar-refractivity contribution in [1.29, 1.82) is 0 Å². The monoisotopic (exact) mass is 331 g/mol. The van der Waals surface area contributed by atoms with E-state index in [9.17, 15) is 0 Å². The number of imidazole rings is 2. The summed E-state index contributed by atoms with van der Waals surface area (Å²) in [6, 6.07) is 16.1. The smallest absolute Gasteiger partial charge is 0.212 e. The topological polar surface area (TPSA) is 86.0 Å². The van der Waals surface area contributed by atoms with Crippen LogP contribution < -0.4 is 11.1 Å². The number of hydrogen-bond donors (Lipinski definition) is 2. The lowest BCUT2D eigenvalue weighted by molar-refractivity contribution is 0.552. The van der Waals surface area contributed by atoms with Crippen LogP contribution in [0.2, 0.25) is 0 Å². The van der Waals surface area contributed by atoms with Gasteiger partial charge >= 0.3 is 0 Å². The van der Waals surface area contributed by atoms with Gasteiger partial charge < -0.3 is 10.3 Å². The number of benzene rings is 2. The van der Waals surface area contributed by atoms with E-state index in [0.717, 1.165) is 34.4 Å². The first-order valence-corrected chi connectivity index (χ1v) is 8.28. The number of anilines is 1. The number of nitrogens with one attached hydrogen (secondary N) is 1. The van der Waals surface area contributed by atoms with Crippen molar-refractivity contribution in [2.75, 3.05) is 5.32 Å².